The molecule has 0 fully saturated rings. The highest BCUT2D eigenvalue weighted by Crippen LogP contribution is 2.16. The van der Waals surface area contributed by atoms with Crippen LogP contribution in [0.4, 0.5) is 0 Å². The number of hydrogen-bond donors (Lipinski definition) is 0. The lowest BCUT2D eigenvalue weighted by molar-refractivity contribution is 0.108. The van der Waals surface area contributed by atoms with Gasteiger partial charge in [-0.25, -0.2) is 4.68 Å². The van der Waals surface area contributed by atoms with Gasteiger partial charge in [0.15, 0.2) is 0 Å². The molecule has 0 spiro atoms. The maximum Gasteiger partial charge on any atom is 0.255 e. The molecular formula is C12H11ClN2O. The summed E-state index contributed by atoms with van der Waals surface area (Å²) in [4.78, 5) is 11.1. The molecule has 2 rings (SSSR count). The second-order valence-electron chi connectivity index (χ2n) is 3.66. The topological polar surface area (TPSA) is 34.9 Å². The normalized spacial score (nSPS) is 10.4. The third-order valence-corrected chi connectivity index (χ3v) is 2.70. The Bertz CT molecular complexity index is 528. The third kappa shape index (κ3) is 1.86. The fourth-order valence-electron chi connectivity index (χ4n) is 1.55. The number of rotatable bonds is 2. The van der Waals surface area contributed by atoms with E-state index in [4.69, 9.17) is 11.6 Å². The zero-order valence-electron chi connectivity index (χ0n) is 9.07. The van der Waals surface area contributed by atoms with Gasteiger partial charge in [-0.15, -0.1) is 0 Å². The molecule has 4 heteroatoms. The Morgan fingerprint density at radius 2 is 1.88 bits per heavy atom. The number of carbonyl (C=O) groups is 1. The van der Waals surface area contributed by atoms with Crippen molar-refractivity contribution < 1.29 is 4.79 Å². The summed E-state index contributed by atoms with van der Waals surface area (Å²) in [5, 5.41) is 3.67. The first-order chi connectivity index (χ1) is 7.59. The molecule has 2 aromatic rings. The Labute approximate surface area is 98.7 Å². The molecule has 0 unspecified atom stereocenters. The molecule has 1 aromatic carbocycles. The van der Waals surface area contributed by atoms with Crippen LogP contribution < -0.4 is 0 Å². The highest BCUT2D eigenvalue weighted by Gasteiger charge is 2.12. The van der Waals surface area contributed by atoms with Crippen molar-refractivity contribution in [2.45, 2.75) is 13.8 Å². The van der Waals surface area contributed by atoms with Gasteiger partial charge in [-0.1, -0.05) is 17.7 Å². The molecule has 0 saturated carbocycles. The number of aryl methyl sites for hydroxylation is 1. The Balaban J connectivity index is 2.49. The summed E-state index contributed by atoms with van der Waals surface area (Å²) in [5.41, 5.74) is 3.31. The van der Waals surface area contributed by atoms with Crippen LogP contribution in [0.3, 0.4) is 0 Å². The van der Waals surface area contributed by atoms with Gasteiger partial charge in [0.25, 0.3) is 5.24 Å². The van der Waals surface area contributed by atoms with Gasteiger partial charge in [0.05, 0.1) is 23.1 Å². The third-order valence-electron chi connectivity index (χ3n) is 2.50. The molecule has 0 aliphatic rings. The van der Waals surface area contributed by atoms with E-state index in [-0.39, 0.29) is 0 Å². The summed E-state index contributed by atoms with van der Waals surface area (Å²) >= 11 is 5.44. The monoisotopic (exact) mass is 234 g/mol. The largest absolute Gasteiger partial charge is 0.275 e. The number of nitrogens with zero attached hydrogens (tertiary/aromatic N) is 2. The van der Waals surface area contributed by atoms with Gasteiger partial charge in [0.1, 0.15) is 0 Å². The predicted molar refractivity (Wildman–Crippen MR) is 63.2 cm³/mol. The molecule has 1 heterocycles. The van der Waals surface area contributed by atoms with Crippen molar-refractivity contribution in [2.24, 2.45) is 0 Å². The van der Waals surface area contributed by atoms with E-state index < -0.39 is 5.24 Å². The van der Waals surface area contributed by atoms with E-state index in [1.807, 2.05) is 38.1 Å². The molecule has 0 atom stereocenters. The van der Waals surface area contributed by atoms with Crippen molar-refractivity contribution in [2.75, 3.05) is 0 Å². The molecular weight excluding hydrogens is 224 g/mol. The van der Waals surface area contributed by atoms with E-state index in [0.717, 1.165) is 11.4 Å². The lowest BCUT2D eigenvalue weighted by atomic mass is 10.2. The van der Waals surface area contributed by atoms with E-state index in [9.17, 15) is 4.79 Å². The minimum atomic E-state index is -0.476. The fraction of sp³-hybridized carbons (Fsp3) is 0.167. The number of hydrogen-bond acceptors (Lipinski definition) is 2. The lowest BCUT2D eigenvalue weighted by Crippen LogP contribution is -2.00. The predicted octanol–water partition coefficient (Wildman–Crippen LogP) is 2.87. The lowest BCUT2D eigenvalue weighted by Gasteiger charge is -2.04. The molecule has 82 valence electrons. The van der Waals surface area contributed by atoms with Crippen LogP contribution in [0.2, 0.25) is 0 Å². The number of halogens is 1. The SMILES string of the molecule is Cc1ccc(-n2ncc(C(=O)Cl)c2C)cc1. The molecule has 0 bridgehead atoms. The van der Waals surface area contributed by atoms with E-state index in [1.54, 1.807) is 4.68 Å². The Morgan fingerprint density at radius 3 is 2.38 bits per heavy atom. The molecule has 0 amide bonds. The molecule has 0 saturated heterocycles. The van der Waals surface area contributed by atoms with E-state index in [0.29, 0.717) is 5.56 Å². The van der Waals surface area contributed by atoms with Crippen LogP contribution in [0.15, 0.2) is 30.5 Å². The zero-order chi connectivity index (χ0) is 11.7. The average Bonchev–Trinajstić information content (AvgIpc) is 2.61. The molecule has 0 aliphatic heterocycles. The van der Waals surface area contributed by atoms with Crippen LogP contribution in [-0.4, -0.2) is 15.0 Å². The average molecular weight is 235 g/mol. The summed E-state index contributed by atoms with van der Waals surface area (Å²) in [6.07, 6.45) is 1.49. The minimum Gasteiger partial charge on any atom is -0.275 e. The standard InChI is InChI=1S/C12H11ClN2O/c1-8-3-5-10(6-4-8)15-9(2)11(7-14-15)12(13)16/h3-7H,1-2H3. The maximum atomic E-state index is 11.1. The first-order valence-corrected chi connectivity index (χ1v) is 5.29. The number of benzene rings is 1. The van der Waals surface area contributed by atoms with Crippen molar-refractivity contribution in [3.8, 4) is 5.69 Å². The van der Waals surface area contributed by atoms with Crippen molar-refractivity contribution in [3.05, 3.63) is 47.3 Å². The molecule has 0 radical (unpaired) electrons. The second kappa shape index (κ2) is 4.10. The molecule has 16 heavy (non-hydrogen) atoms. The van der Waals surface area contributed by atoms with Gasteiger partial charge in [-0.05, 0) is 37.6 Å². The first kappa shape index (κ1) is 10.9. The van der Waals surface area contributed by atoms with Crippen molar-refractivity contribution in [3.63, 3.8) is 0 Å². The summed E-state index contributed by atoms with van der Waals surface area (Å²) < 4.78 is 1.70. The highest BCUT2D eigenvalue weighted by atomic mass is 35.5. The van der Waals surface area contributed by atoms with E-state index in [1.165, 1.54) is 11.8 Å². The number of aromatic nitrogens is 2. The van der Waals surface area contributed by atoms with Crippen molar-refractivity contribution in [1.82, 2.24) is 9.78 Å². The van der Waals surface area contributed by atoms with Crippen molar-refractivity contribution in [1.29, 1.82) is 0 Å². The molecule has 0 aliphatic carbocycles. The van der Waals surface area contributed by atoms with Gasteiger partial charge in [0.2, 0.25) is 0 Å². The first-order valence-electron chi connectivity index (χ1n) is 4.91. The summed E-state index contributed by atoms with van der Waals surface area (Å²) in [6, 6.07) is 7.91. The van der Waals surface area contributed by atoms with Gasteiger partial charge in [-0.3, -0.25) is 4.79 Å². The van der Waals surface area contributed by atoms with Crippen LogP contribution in [0, 0.1) is 13.8 Å². The fourth-order valence-corrected chi connectivity index (χ4v) is 1.73. The maximum absolute atomic E-state index is 11.1. The van der Waals surface area contributed by atoms with Gasteiger partial charge < -0.3 is 0 Å². The van der Waals surface area contributed by atoms with Crippen LogP contribution in [0.25, 0.3) is 5.69 Å². The van der Waals surface area contributed by atoms with Gasteiger partial charge in [-0.2, -0.15) is 5.10 Å². The van der Waals surface area contributed by atoms with Gasteiger partial charge >= 0.3 is 0 Å². The quantitative estimate of drug-likeness (QED) is 0.749. The zero-order valence-corrected chi connectivity index (χ0v) is 9.82. The van der Waals surface area contributed by atoms with E-state index >= 15 is 0 Å². The summed E-state index contributed by atoms with van der Waals surface area (Å²) in [6.45, 7) is 3.84. The summed E-state index contributed by atoms with van der Waals surface area (Å²) in [5.74, 6) is 0. The smallest absolute Gasteiger partial charge is 0.255 e. The summed E-state index contributed by atoms with van der Waals surface area (Å²) in [7, 11) is 0. The second-order valence-corrected chi connectivity index (χ2v) is 4.01. The van der Waals surface area contributed by atoms with Crippen LogP contribution in [0.1, 0.15) is 21.6 Å². The number of carbonyl (C=O) groups excluding carboxylic acids is 1. The minimum absolute atomic E-state index is 0.447. The highest BCUT2D eigenvalue weighted by molar-refractivity contribution is 6.67. The molecule has 3 nitrogen and oxygen atoms in total. The van der Waals surface area contributed by atoms with Gasteiger partial charge in [0, 0.05) is 0 Å². The molecule has 0 N–H and O–H groups in total. The Hall–Kier alpha value is -1.61. The Morgan fingerprint density at radius 1 is 1.25 bits per heavy atom. The van der Waals surface area contributed by atoms with Crippen LogP contribution in [-0.2, 0) is 0 Å². The van der Waals surface area contributed by atoms with Crippen LogP contribution in [0.5, 0.6) is 0 Å². The van der Waals surface area contributed by atoms with E-state index in [2.05, 4.69) is 5.10 Å². The van der Waals surface area contributed by atoms with Crippen molar-refractivity contribution >= 4 is 16.8 Å². The molecule has 1 aromatic heterocycles. The van der Waals surface area contributed by atoms with Crippen LogP contribution >= 0.6 is 11.6 Å². The Kier molecular flexibility index (Phi) is 2.79.